The normalized spacial score (nSPS) is 20.0. The van der Waals surface area contributed by atoms with E-state index in [2.05, 4.69) is 51.6 Å². The Bertz CT molecular complexity index is 664. The lowest BCUT2D eigenvalue weighted by Gasteiger charge is -2.16. The quantitative estimate of drug-likeness (QED) is 0.779. The lowest BCUT2D eigenvalue weighted by Crippen LogP contribution is -2.29. The maximum Gasteiger partial charge on any atom is 0.222 e. The Morgan fingerprint density at radius 2 is 2.04 bits per heavy atom. The van der Waals surface area contributed by atoms with Crippen molar-refractivity contribution in [3.05, 3.63) is 56.7 Å². The van der Waals surface area contributed by atoms with Crippen molar-refractivity contribution < 1.29 is 4.79 Å². The third-order valence-electron chi connectivity index (χ3n) is 4.53. The van der Waals surface area contributed by atoms with E-state index in [1.165, 1.54) is 10.4 Å². The van der Waals surface area contributed by atoms with Gasteiger partial charge in [0.15, 0.2) is 0 Å². The third kappa shape index (κ3) is 4.60. The highest BCUT2D eigenvalue weighted by Crippen LogP contribution is 2.32. The molecule has 0 saturated carbocycles. The molecule has 2 aromatic rings. The van der Waals surface area contributed by atoms with Crippen LogP contribution in [0.25, 0.3) is 0 Å². The summed E-state index contributed by atoms with van der Waals surface area (Å²) < 4.78 is 1.10. The summed E-state index contributed by atoms with van der Waals surface area (Å²) in [6.07, 6.45) is 1.39. The lowest BCUT2D eigenvalue weighted by atomic mass is 9.89. The summed E-state index contributed by atoms with van der Waals surface area (Å²) in [5, 5.41) is 2.06. The van der Waals surface area contributed by atoms with Crippen molar-refractivity contribution in [3.8, 4) is 0 Å². The van der Waals surface area contributed by atoms with Gasteiger partial charge in [0.25, 0.3) is 0 Å². The molecule has 2 heterocycles. The number of thiophene rings is 1. The van der Waals surface area contributed by atoms with Crippen molar-refractivity contribution in [2.45, 2.75) is 18.8 Å². The molecule has 1 aromatic carbocycles. The van der Waals surface area contributed by atoms with Crippen molar-refractivity contribution >= 4 is 45.6 Å². The van der Waals surface area contributed by atoms with Crippen LogP contribution in [-0.4, -0.2) is 30.4 Å². The average molecular weight is 430 g/mol. The number of benzene rings is 1. The molecule has 1 fully saturated rings. The van der Waals surface area contributed by atoms with Crippen LogP contribution in [-0.2, 0) is 11.2 Å². The molecular formula is C18H22BrClN2OS. The Labute approximate surface area is 161 Å². The van der Waals surface area contributed by atoms with E-state index in [0.29, 0.717) is 24.8 Å². The molecule has 2 atom stereocenters. The molecule has 0 unspecified atom stereocenters. The molecule has 1 aliphatic rings. The third-order valence-corrected chi connectivity index (χ3v) is 6.29. The molecule has 0 spiro atoms. The van der Waals surface area contributed by atoms with E-state index in [1.54, 1.807) is 11.3 Å². The van der Waals surface area contributed by atoms with E-state index in [0.717, 1.165) is 24.0 Å². The van der Waals surface area contributed by atoms with Gasteiger partial charge in [0.05, 0.1) is 0 Å². The number of halogens is 2. The molecule has 0 aliphatic carbocycles. The second-order valence-corrected chi connectivity index (χ2v) is 7.95. The summed E-state index contributed by atoms with van der Waals surface area (Å²) >= 11 is 5.16. The SMILES string of the molecule is Cl.NC[C@@H]1CN(C(=O)CCc2cc(Br)cs2)C[C@H]1c1ccccc1. The van der Waals surface area contributed by atoms with Gasteiger partial charge in [-0.1, -0.05) is 30.3 Å². The number of hydrogen-bond acceptors (Lipinski definition) is 3. The Morgan fingerprint density at radius 1 is 1.29 bits per heavy atom. The number of carbonyl (C=O) groups is 1. The highest BCUT2D eigenvalue weighted by Gasteiger charge is 2.34. The summed E-state index contributed by atoms with van der Waals surface area (Å²) in [5.41, 5.74) is 7.24. The first-order chi connectivity index (χ1) is 11.2. The first-order valence-electron chi connectivity index (χ1n) is 7.93. The van der Waals surface area contributed by atoms with E-state index in [1.807, 2.05) is 11.0 Å². The van der Waals surface area contributed by atoms with Crippen molar-refractivity contribution in [1.29, 1.82) is 0 Å². The summed E-state index contributed by atoms with van der Waals surface area (Å²) in [6.45, 7) is 2.20. The van der Waals surface area contributed by atoms with Crippen LogP contribution in [0.15, 0.2) is 46.3 Å². The van der Waals surface area contributed by atoms with Crippen LogP contribution in [0.2, 0.25) is 0 Å². The fourth-order valence-corrected chi connectivity index (χ4v) is 4.72. The zero-order chi connectivity index (χ0) is 16.2. The second kappa shape index (κ2) is 8.99. The maximum atomic E-state index is 12.5. The van der Waals surface area contributed by atoms with Crippen molar-refractivity contribution in [2.75, 3.05) is 19.6 Å². The summed E-state index contributed by atoms with van der Waals surface area (Å²) in [6, 6.07) is 12.5. The number of rotatable bonds is 5. The minimum atomic E-state index is 0. The van der Waals surface area contributed by atoms with E-state index >= 15 is 0 Å². The van der Waals surface area contributed by atoms with Gasteiger partial charge in [0.1, 0.15) is 0 Å². The smallest absolute Gasteiger partial charge is 0.222 e. The minimum absolute atomic E-state index is 0. The minimum Gasteiger partial charge on any atom is -0.342 e. The number of aryl methyl sites for hydroxylation is 1. The molecule has 6 heteroatoms. The van der Waals surface area contributed by atoms with Crippen LogP contribution in [0.4, 0.5) is 0 Å². The van der Waals surface area contributed by atoms with Gasteiger partial charge in [-0.15, -0.1) is 23.7 Å². The molecule has 1 aromatic heterocycles. The monoisotopic (exact) mass is 428 g/mol. The molecule has 130 valence electrons. The topological polar surface area (TPSA) is 46.3 Å². The van der Waals surface area contributed by atoms with Gasteiger partial charge in [-0.2, -0.15) is 0 Å². The number of carbonyl (C=O) groups excluding carboxylic acids is 1. The highest BCUT2D eigenvalue weighted by molar-refractivity contribution is 9.10. The summed E-state index contributed by atoms with van der Waals surface area (Å²) in [5.74, 6) is 0.963. The predicted octanol–water partition coefficient (Wildman–Crippen LogP) is 4.07. The summed E-state index contributed by atoms with van der Waals surface area (Å²) in [4.78, 5) is 15.8. The number of hydrogen-bond donors (Lipinski definition) is 1. The van der Waals surface area contributed by atoms with E-state index in [4.69, 9.17) is 5.73 Å². The average Bonchev–Trinajstić information content (AvgIpc) is 3.19. The Morgan fingerprint density at radius 3 is 2.67 bits per heavy atom. The fraction of sp³-hybridized carbons (Fsp3) is 0.389. The number of likely N-dealkylation sites (tertiary alicyclic amines) is 1. The zero-order valence-electron chi connectivity index (χ0n) is 13.4. The van der Waals surface area contributed by atoms with Gasteiger partial charge in [-0.05, 0) is 46.4 Å². The second-order valence-electron chi connectivity index (χ2n) is 6.04. The zero-order valence-corrected chi connectivity index (χ0v) is 16.6. The first kappa shape index (κ1) is 19.4. The molecule has 1 saturated heterocycles. The van der Waals surface area contributed by atoms with E-state index < -0.39 is 0 Å². The molecule has 3 nitrogen and oxygen atoms in total. The summed E-state index contributed by atoms with van der Waals surface area (Å²) in [7, 11) is 0. The Balaban J connectivity index is 0.00000208. The van der Waals surface area contributed by atoms with Crippen LogP contribution in [0.1, 0.15) is 22.8 Å². The molecule has 1 aliphatic heterocycles. The Hall–Kier alpha value is -0.880. The van der Waals surface area contributed by atoms with Gasteiger partial charge >= 0.3 is 0 Å². The van der Waals surface area contributed by atoms with E-state index in [9.17, 15) is 4.79 Å². The van der Waals surface area contributed by atoms with Crippen LogP contribution >= 0.6 is 39.7 Å². The molecule has 24 heavy (non-hydrogen) atoms. The van der Waals surface area contributed by atoms with Crippen LogP contribution in [0, 0.1) is 5.92 Å². The standard InChI is InChI=1S/C18H21BrN2OS.ClH/c19-15-8-16(23-12-15)6-7-18(22)21-10-14(9-20)17(11-21)13-4-2-1-3-5-13;/h1-5,8,12,14,17H,6-7,9-11,20H2;1H/t14-,17+;/m1./s1. The number of amides is 1. The highest BCUT2D eigenvalue weighted by atomic mass is 79.9. The van der Waals surface area contributed by atoms with Crippen LogP contribution < -0.4 is 5.73 Å². The molecule has 2 N–H and O–H groups in total. The maximum absolute atomic E-state index is 12.5. The van der Waals surface area contributed by atoms with Crippen molar-refractivity contribution in [3.63, 3.8) is 0 Å². The largest absolute Gasteiger partial charge is 0.342 e. The van der Waals surface area contributed by atoms with Crippen LogP contribution in [0.3, 0.4) is 0 Å². The number of nitrogens with two attached hydrogens (primary N) is 1. The first-order valence-corrected chi connectivity index (χ1v) is 9.60. The van der Waals surface area contributed by atoms with Gasteiger partial charge in [0.2, 0.25) is 5.91 Å². The van der Waals surface area contributed by atoms with Crippen LogP contribution in [0.5, 0.6) is 0 Å². The van der Waals surface area contributed by atoms with Crippen molar-refractivity contribution in [1.82, 2.24) is 4.90 Å². The molecule has 1 amide bonds. The van der Waals surface area contributed by atoms with Gasteiger partial charge in [-0.3, -0.25) is 4.79 Å². The lowest BCUT2D eigenvalue weighted by molar-refractivity contribution is -0.130. The molecular weight excluding hydrogens is 408 g/mol. The fourth-order valence-electron chi connectivity index (χ4n) is 3.26. The molecule has 3 rings (SSSR count). The molecule has 0 radical (unpaired) electrons. The Kier molecular flexibility index (Phi) is 7.29. The van der Waals surface area contributed by atoms with Gasteiger partial charge in [-0.25, -0.2) is 0 Å². The van der Waals surface area contributed by atoms with Gasteiger partial charge < -0.3 is 10.6 Å². The predicted molar refractivity (Wildman–Crippen MR) is 106 cm³/mol. The molecule has 0 bridgehead atoms. The van der Waals surface area contributed by atoms with Gasteiger partial charge in [0, 0.05) is 40.2 Å². The van der Waals surface area contributed by atoms with E-state index in [-0.39, 0.29) is 18.3 Å². The number of nitrogens with zero attached hydrogens (tertiary/aromatic N) is 1. The van der Waals surface area contributed by atoms with Crippen molar-refractivity contribution in [2.24, 2.45) is 11.7 Å².